The van der Waals surface area contributed by atoms with Gasteiger partial charge in [0.25, 0.3) is 0 Å². The first-order valence-electron chi connectivity index (χ1n) is 38.3. The lowest BCUT2D eigenvalue weighted by Gasteiger charge is -2.48. The van der Waals surface area contributed by atoms with Gasteiger partial charge in [0.2, 0.25) is 5.91 Å². The van der Waals surface area contributed by atoms with Crippen LogP contribution in [0.3, 0.4) is 0 Å². The molecule has 3 aliphatic heterocycles. The molecule has 99 heavy (non-hydrogen) atoms. The largest absolute Gasteiger partial charge is 0.394 e. The maximum atomic E-state index is 13.4. The van der Waals surface area contributed by atoms with Gasteiger partial charge >= 0.3 is 0 Å². The number of amides is 1. The molecule has 3 rings (SSSR count). The van der Waals surface area contributed by atoms with Gasteiger partial charge in [0.15, 0.2) is 18.9 Å². The second-order valence-corrected chi connectivity index (χ2v) is 26.7. The average molecular weight is 1400 g/mol. The van der Waals surface area contributed by atoms with E-state index in [0.717, 1.165) is 103 Å². The topological polar surface area (TPSA) is 307 Å². The SMILES string of the molecule is CC/C=C\C/C=C\C/C=C\C/C=C\C/C=C\C/C=C\C/C=C\CCCCCCCC(=O)NC(COC1OC(CO)C(OC2OC(CO)C(OC3OC(CO)C(O)C(O)C3O)C(O)C2O)C(O)C1O)C(O)/C=C/CC/C=C/CC/C=C/CCCCCCCCCCCCCCCCCCC. The van der Waals surface area contributed by atoms with E-state index in [4.69, 9.17) is 28.4 Å². The van der Waals surface area contributed by atoms with E-state index < -0.39 is 124 Å². The van der Waals surface area contributed by atoms with Gasteiger partial charge in [-0.25, -0.2) is 0 Å². The number of allylic oxidation sites excluding steroid dienone is 19. The van der Waals surface area contributed by atoms with Crippen molar-refractivity contribution >= 4 is 5.91 Å². The maximum Gasteiger partial charge on any atom is 0.220 e. The minimum Gasteiger partial charge on any atom is -0.394 e. The van der Waals surface area contributed by atoms with Crippen LogP contribution in [0.15, 0.2) is 122 Å². The van der Waals surface area contributed by atoms with E-state index in [-0.39, 0.29) is 18.9 Å². The number of rotatable bonds is 58. The summed E-state index contributed by atoms with van der Waals surface area (Å²) in [5.74, 6) is -0.312. The van der Waals surface area contributed by atoms with Crippen molar-refractivity contribution in [3.8, 4) is 0 Å². The molecule has 0 aromatic rings. The molecule has 19 nitrogen and oxygen atoms in total. The van der Waals surface area contributed by atoms with Crippen molar-refractivity contribution in [1.29, 1.82) is 0 Å². The fourth-order valence-corrected chi connectivity index (χ4v) is 12.1. The van der Waals surface area contributed by atoms with Gasteiger partial charge in [-0.3, -0.25) is 4.79 Å². The molecule has 1 amide bonds. The third-order valence-corrected chi connectivity index (χ3v) is 18.2. The van der Waals surface area contributed by atoms with Crippen molar-refractivity contribution in [1.82, 2.24) is 5.32 Å². The second-order valence-electron chi connectivity index (χ2n) is 26.7. The fourth-order valence-electron chi connectivity index (χ4n) is 12.1. The highest BCUT2D eigenvalue weighted by Crippen LogP contribution is 2.33. The van der Waals surface area contributed by atoms with Crippen LogP contribution in [0.2, 0.25) is 0 Å². The Labute approximate surface area is 595 Å². The van der Waals surface area contributed by atoms with E-state index in [9.17, 15) is 61.0 Å². The fraction of sp³-hybridized carbons (Fsp3) is 0.738. The number of carbonyl (C=O) groups is 1. The van der Waals surface area contributed by atoms with E-state index >= 15 is 0 Å². The van der Waals surface area contributed by atoms with Crippen molar-refractivity contribution in [3.05, 3.63) is 122 Å². The number of ether oxygens (including phenoxy) is 6. The Balaban J connectivity index is 1.44. The summed E-state index contributed by atoms with van der Waals surface area (Å²) in [5.41, 5.74) is 0. The van der Waals surface area contributed by atoms with Crippen molar-refractivity contribution in [2.24, 2.45) is 0 Å². The summed E-state index contributed by atoms with van der Waals surface area (Å²) < 4.78 is 34.4. The molecule has 0 saturated carbocycles. The number of carbonyl (C=O) groups excluding carboxylic acids is 1. The molecule has 0 spiro atoms. The predicted molar refractivity (Wildman–Crippen MR) is 392 cm³/mol. The highest BCUT2D eigenvalue weighted by molar-refractivity contribution is 5.76. The molecular formula is C80H135NO18. The maximum absolute atomic E-state index is 13.4. The summed E-state index contributed by atoms with van der Waals surface area (Å²) in [5, 5.41) is 121. The summed E-state index contributed by atoms with van der Waals surface area (Å²) >= 11 is 0. The number of unbranched alkanes of at least 4 members (excludes halogenated alkanes) is 24. The summed E-state index contributed by atoms with van der Waals surface area (Å²) in [6, 6.07) is -1.02. The van der Waals surface area contributed by atoms with Crippen molar-refractivity contribution < 1.29 is 89.4 Å². The lowest BCUT2D eigenvalue weighted by molar-refractivity contribution is -0.379. The van der Waals surface area contributed by atoms with E-state index in [1.54, 1.807) is 6.08 Å². The van der Waals surface area contributed by atoms with Crippen LogP contribution in [0, 0.1) is 0 Å². The molecule has 19 heteroatoms. The van der Waals surface area contributed by atoms with Crippen LogP contribution in [-0.2, 0) is 33.2 Å². The molecule has 17 atom stereocenters. The van der Waals surface area contributed by atoms with Crippen LogP contribution in [0.5, 0.6) is 0 Å². The van der Waals surface area contributed by atoms with Crippen LogP contribution >= 0.6 is 0 Å². The molecule has 12 N–H and O–H groups in total. The normalized spacial score (nSPS) is 27.3. The van der Waals surface area contributed by atoms with Crippen LogP contribution in [-0.4, -0.2) is 193 Å². The second kappa shape index (κ2) is 59.6. The minimum atomic E-state index is -1.99. The van der Waals surface area contributed by atoms with Gasteiger partial charge in [-0.1, -0.05) is 257 Å². The number of aliphatic hydroxyl groups excluding tert-OH is 11. The quantitative estimate of drug-likeness (QED) is 0.0199. The molecule has 0 aromatic carbocycles. The van der Waals surface area contributed by atoms with Crippen molar-refractivity contribution in [3.63, 3.8) is 0 Å². The van der Waals surface area contributed by atoms with Gasteiger partial charge in [0, 0.05) is 6.42 Å². The molecule has 568 valence electrons. The molecule has 0 radical (unpaired) electrons. The van der Waals surface area contributed by atoms with E-state index in [2.05, 4.69) is 129 Å². The summed E-state index contributed by atoms with van der Waals surface area (Å²) in [6.07, 6.45) is 56.0. The zero-order valence-electron chi connectivity index (χ0n) is 60.4. The van der Waals surface area contributed by atoms with Crippen LogP contribution in [0.4, 0.5) is 0 Å². The molecule has 3 saturated heterocycles. The molecule has 0 aliphatic carbocycles. The summed E-state index contributed by atoms with van der Waals surface area (Å²) in [6.45, 7) is 1.58. The Morgan fingerprint density at radius 2 is 0.707 bits per heavy atom. The number of hydrogen-bond donors (Lipinski definition) is 12. The van der Waals surface area contributed by atoms with Crippen LogP contribution < -0.4 is 5.32 Å². The Bertz CT molecular complexity index is 2260. The first-order valence-corrected chi connectivity index (χ1v) is 38.3. The first-order chi connectivity index (χ1) is 48.3. The zero-order chi connectivity index (χ0) is 71.8. The number of hydrogen-bond acceptors (Lipinski definition) is 18. The van der Waals surface area contributed by atoms with Gasteiger partial charge < -0.3 is 89.9 Å². The molecule has 17 unspecified atom stereocenters. The van der Waals surface area contributed by atoms with Crippen molar-refractivity contribution in [2.75, 3.05) is 26.4 Å². The third kappa shape index (κ3) is 40.2. The predicted octanol–water partition coefficient (Wildman–Crippen LogP) is 11.9. The Morgan fingerprint density at radius 1 is 0.374 bits per heavy atom. The van der Waals surface area contributed by atoms with E-state index in [1.807, 2.05) is 6.08 Å². The highest BCUT2D eigenvalue weighted by Gasteiger charge is 2.53. The lowest BCUT2D eigenvalue weighted by atomic mass is 9.96. The Kier molecular flexibility index (Phi) is 53.8. The third-order valence-electron chi connectivity index (χ3n) is 18.2. The first kappa shape index (κ1) is 89.4. The van der Waals surface area contributed by atoms with Gasteiger partial charge in [0.05, 0.1) is 38.6 Å². The Morgan fingerprint density at radius 3 is 1.13 bits per heavy atom. The van der Waals surface area contributed by atoms with Gasteiger partial charge in [-0.15, -0.1) is 0 Å². The van der Waals surface area contributed by atoms with Crippen molar-refractivity contribution in [2.45, 2.75) is 349 Å². The highest BCUT2D eigenvalue weighted by atomic mass is 16.8. The van der Waals surface area contributed by atoms with Gasteiger partial charge in [-0.2, -0.15) is 0 Å². The molecule has 0 aromatic heterocycles. The minimum absolute atomic E-state index is 0.201. The van der Waals surface area contributed by atoms with E-state index in [0.29, 0.717) is 12.8 Å². The monoisotopic (exact) mass is 1400 g/mol. The molecule has 3 heterocycles. The van der Waals surface area contributed by atoms with Crippen LogP contribution in [0.1, 0.15) is 245 Å². The summed E-state index contributed by atoms with van der Waals surface area (Å²) in [4.78, 5) is 13.4. The number of nitrogens with one attached hydrogen (secondary N) is 1. The van der Waals surface area contributed by atoms with E-state index in [1.165, 1.54) is 109 Å². The average Bonchev–Trinajstić information content (AvgIpc) is 0.784. The van der Waals surface area contributed by atoms with Gasteiger partial charge in [0.1, 0.15) is 73.2 Å². The zero-order valence-corrected chi connectivity index (χ0v) is 60.4. The number of aliphatic hydroxyl groups is 11. The van der Waals surface area contributed by atoms with Gasteiger partial charge in [-0.05, 0) is 103 Å². The smallest absolute Gasteiger partial charge is 0.220 e. The molecule has 0 bridgehead atoms. The lowest BCUT2D eigenvalue weighted by Crippen LogP contribution is -2.66. The summed E-state index contributed by atoms with van der Waals surface area (Å²) in [7, 11) is 0. The molecule has 3 aliphatic rings. The molecule has 3 fully saturated rings. The Hall–Kier alpha value is -3.81. The standard InChI is InChI=1S/C80H135NO18/c1-3-5-7-9-11-13-15-17-19-21-23-25-27-29-31-33-35-37-39-41-43-45-47-49-51-53-55-57-64(85)63(81-68(86)58-56-54-52-50-48-46-44-42-40-38-36-34-32-30-28-26-24-22-20-18-16-14-12-10-8-6-4-2)62-94-78-74(92)71(89)76(66(60-83)96-78)99-80-75(93)72(90)77(67(61-84)97-80)98-79-73(91)70(88)69(87)65(59-82)95-79/h6,8,12,14,18,20,24,26,30,32,36,38-39,41-42,44,47,49,55,57,63-67,69-80,82-85,87-93H,3-5,7,9-11,13,15-17,19,21-23,25,27-29,31,33-35,37,40,43,45-46,48,50-54,56,58-62H2,1-2H3,(H,81,86)/b8-6-,14-12-,20-18-,26-24-,32-30-,38-36-,41-39+,44-42-,49-47+,57-55+. The molecular weight excluding hydrogens is 1260 g/mol. The van der Waals surface area contributed by atoms with Crippen LogP contribution in [0.25, 0.3) is 0 Å².